The van der Waals surface area contributed by atoms with E-state index in [2.05, 4.69) is 9.97 Å². The van der Waals surface area contributed by atoms with Gasteiger partial charge in [-0.25, -0.2) is 4.98 Å². The monoisotopic (exact) mass is 290 g/mol. The molecule has 1 aromatic heterocycles. The van der Waals surface area contributed by atoms with Crippen LogP contribution in [0.4, 0.5) is 0 Å². The normalized spacial score (nSPS) is 12.8. The van der Waals surface area contributed by atoms with Gasteiger partial charge in [0, 0.05) is 0 Å². The minimum atomic E-state index is -4.53. The highest BCUT2D eigenvalue weighted by Gasteiger charge is 2.18. The second-order valence-corrected chi connectivity index (χ2v) is 6.04. The molecule has 0 spiro atoms. The zero-order valence-electron chi connectivity index (χ0n) is 8.55. The molecule has 0 aliphatic heterocycles. The summed E-state index contributed by atoms with van der Waals surface area (Å²) in [7, 11) is -9.02. The lowest BCUT2D eigenvalue weighted by molar-refractivity contribution is 0.479. The smallest absolute Gasteiger partial charge is 0.282 e. The first-order chi connectivity index (χ1) is 8.19. The van der Waals surface area contributed by atoms with Gasteiger partial charge in [-0.1, -0.05) is 6.07 Å². The van der Waals surface area contributed by atoms with Gasteiger partial charge in [0.05, 0.1) is 11.7 Å². The predicted molar refractivity (Wildman–Crippen MR) is 59.2 cm³/mol. The molecule has 0 bridgehead atoms. The summed E-state index contributed by atoms with van der Waals surface area (Å²) in [5.41, 5.74) is -0.271. The first-order valence-electron chi connectivity index (χ1n) is 4.40. The lowest BCUT2D eigenvalue weighted by Gasteiger charge is -2.03. The van der Waals surface area contributed by atoms with Crippen LogP contribution in [0.15, 0.2) is 34.3 Å². The van der Waals surface area contributed by atoms with Crippen LogP contribution in [0.1, 0.15) is 0 Å². The second kappa shape index (κ2) is 3.95. The van der Waals surface area contributed by atoms with E-state index in [1.165, 1.54) is 12.1 Å². The number of benzene rings is 1. The van der Waals surface area contributed by atoms with Crippen LogP contribution in [0.5, 0.6) is 0 Å². The van der Waals surface area contributed by atoms with Crippen molar-refractivity contribution in [2.45, 2.75) is 9.92 Å². The highest BCUT2D eigenvalue weighted by molar-refractivity contribution is 7.86. The Labute approximate surface area is 102 Å². The molecule has 0 radical (unpaired) electrons. The number of aromatic nitrogens is 2. The number of hydrogen-bond acceptors (Lipinski definition) is 6. The van der Waals surface area contributed by atoms with Crippen LogP contribution in [0.3, 0.4) is 0 Å². The fourth-order valence-corrected chi connectivity index (χ4v) is 2.38. The molecular weight excluding hydrogens is 284 g/mol. The van der Waals surface area contributed by atoms with E-state index < -0.39 is 30.2 Å². The molecule has 2 aromatic rings. The van der Waals surface area contributed by atoms with Crippen LogP contribution >= 0.6 is 0 Å². The van der Waals surface area contributed by atoms with Crippen LogP contribution < -0.4 is 0 Å². The van der Waals surface area contributed by atoms with E-state index in [1.54, 1.807) is 0 Å². The van der Waals surface area contributed by atoms with Gasteiger partial charge in [0.1, 0.15) is 10.4 Å². The molecule has 0 saturated carbocycles. The molecular formula is C8H6N2O6S2. The molecule has 2 rings (SSSR count). The Morgan fingerprint density at radius 3 is 2.22 bits per heavy atom. The molecule has 0 unspecified atom stereocenters. The Hall–Kier alpha value is -1.62. The van der Waals surface area contributed by atoms with Crippen LogP contribution in [-0.2, 0) is 20.2 Å². The summed E-state index contributed by atoms with van der Waals surface area (Å²) in [5.74, 6) is 0. The topological polar surface area (TPSA) is 135 Å². The molecule has 0 atom stereocenters. The van der Waals surface area contributed by atoms with Crippen LogP contribution in [0.25, 0.3) is 11.0 Å². The van der Waals surface area contributed by atoms with Crippen molar-refractivity contribution >= 4 is 31.3 Å². The maximum atomic E-state index is 11.0. The third kappa shape index (κ3) is 2.31. The molecule has 18 heavy (non-hydrogen) atoms. The van der Waals surface area contributed by atoms with Gasteiger partial charge in [0.2, 0.25) is 5.03 Å². The zero-order chi connectivity index (χ0) is 13.6. The number of fused-ring (bicyclic) bond motifs is 1. The highest BCUT2D eigenvalue weighted by Crippen LogP contribution is 2.20. The minimum absolute atomic E-state index is 0.0831. The Balaban J connectivity index is 2.85. The molecule has 0 amide bonds. The summed E-state index contributed by atoms with van der Waals surface area (Å²) in [6.07, 6.45) is 0.701. The van der Waals surface area contributed by atoms with Gasteiger partial charge in [-0.15, -0.1) is 0 Å². The van der Waals surface area contributed by atoms with Gasteiger partial charge in [0.25, 0.3) is 10.1 Å². The SMILES string of the molecule is O=S(=O)(O)c1cnc2c(S(=O)(=O)O)cccc2n1. The quantitative estimate of drug-likeness (QED) is 0.745. The predicted octanol–water partition coefficient (Wildman–Crippen LogP) is 0.123. The fraction of sp³-hybridized carbons (Fsp3) is 0. The van der Waals surface area contributed by atoms with Gasteiger partial charge in [-0.05, 0) is 12.1 Å². The molecule has 1 heterocycles. The van der Waals surface area contributed by atoms with Crippen molar-refractivity contribution in [1.29, 1.82) is 0 Å². The molecule has 1 aromatic carbocycles. The van der Waals surface area contributed by atoms with E-state index >= 15 is 0 Å². The van der Waals surface area contributed by atoms with Crippen molar-refractivity contribution < 1.29 is 25.9 Å². The molecule has 10 heteroatoms. The molecule has 0 fully saturated rings. The Kier molecular flexibility index (Phi) is 2.81. The van der Waals surface area contributed by atoms with E-state index in [0.29, 0.717) is 6.20 Å². The van der Waals surface area contributed by atoms with Crippen LogP contribution in [-0.4, -0.2) is 35.9 Å². The largest absolute Gasteiger partial charge is 0.313 e. The number of nitrogens with zero attached hydrogens (tertiary/aromatic N) is 2. The maximum Gasteiger partial charge on any atom is 0.313 e. The van der Waals surface area contributed by atoms with E-state index in [4.69, 9.17) is 9.11 Å². The molecule has 0 saturated heterocycles. The third-order valence-corrected chi connectivity index (χ3v) is 3.67. The van der Waals surface area contributed by atoms with Crippen LogP contribution in [0.2, 0.25) is 0 Å². The van der Waals surface area contributed by atoms with Crippen molar-refractivity contribution in [3.8, 4) is 0 Å². The van der Waals surface area contributed by atoms with Crippen LogP contribution in [0, 0.1) is 0 Å². The average molecular weight is 290 g/mol. The van der Waals surface area contributed by atoms with Gasteiger partial charge >= 0.3 is 10.1 Å². The Morgan fingerprint density at radius 2 is 1.67 bits per heavy atom. The van der Waals surface area contributed by atoms with Crippen molar-refractivity contribution in [1.82, 2.24) is 9.97 Å². The first-order valence-corrected chi connectivity index (χ1v) is 7.28. The number of hydrogen-bond donors (Lipinski definition) is 2. The summed E-state index contributed by atoms with van der Waals surface area (Å²) in [4.78, 5) is 6.63. The summed E-state index contributed by atoms with van der Waals surface area (Å²) in [6.45, 7) is 0. The lowest BCUT2D eigenvalue weighted by Crippen LogP contribution is -2.05. The third-order valence-electron chi connectivity index (χ3n) is 2.05. The minimum Gasteiger partial charge on any atom is -0.282 e. The molecule has 8 nitrogen and oxygen atoms in total. The van der Waals surface area contributed by atoms with E-state index in [-0.39, 0.29) is 11.0 Å². The van der Waals surface area contributed by atoms with Crippen molar-refractivity contribution in [2.24, 2.45) is 0 Å². The summed E-state index contributed by atoms with van der Waals surface area (Å²) >= 11 is 0. The number of rotatable bonds is 2. The molecule has 2 N–H and O–H groups in total. The van der Waals surface area contributed by atoms with Crippen molar-refractivity contribution in [3.63, 3.8) is 0 Å². The summed E-state index contributed by atoms with van der Waals surface area (Å²) < 4.78 is 61.5. The van der Waals surface area contributed by atoms with Gasteiger partial charge in [-0.3, -0.25) is 14.1 Å². The van der Waals surface area contributed by atoms with Crippen molar-refractivity contribution in [3.05, 3.63) is 24.4 Å². The van der Waals surface area contributed by atoms with Crippen molar-refractivity contribution in [2.75, 3.05) is 0 Å². The van der Waals surface area contributed by atoms with Gasteiger partial charge in [0.15, 0.2) is 0 Å². The first kappa shape index (κ1) is 12.8. The Morgan fingerprint density at radius 1 is 1.00 bits per heavy atom. The maximum absolute atomic E-state index is 11.0. The molecule has 0 aliphatic rings. The van der Waals surface area contributed by atoms with Gasteiger partial charge in [-0.2, -0.15) is 16.8 Å². The standard InChI is InChI=1S/C8H6N2O6S2/c11-17(12,13)6-3-1-2-5-8(6)9-4-7(10-5)18(14,15)16/h1-4H,(H,11,12,13)(H,14,15,16). The fourth-order valence-electron chi connectivity index (χ4n) is 1.33. The highest BCUT2D eigenvalue weighted by atomic mass is 32.2. The summed E-state index contributed by atoms with van der Waals surface area (Å²) in [6, 6.07) is 3.65. The molecule has 0 aliphatic carbocycles. The average Bonchev–Trinajstić information content (AvgIpc) is 2.25. The van der Waals surface area contributed by atoms with E-state index in [0.717, 1.165) is 6.07 Å². The number of para-hydroxylation sites is 1. The van der Waals surface area contributed by atoms with Gasteiger partial charge < -0.3 is 0 Å². The lowest BCUT2D eigenvalue weighted by atomic mass is 10.3. The van der Waals surface area contributed by atoms with E-state index in [1.807, 2.05) is 0 Å². The zero-order valence-corrected chi connectivity index (χ0v) is 10.2. The van der Waals surface area contributed by atoms with E-state index in [9.17, 15) is 16.8 Å². The Bertz CT molecular complexity index is 828. The summed E-state index contributed by atoms with van der Waals surface area (Å²) in [5, 5.41) is -0.706. The molecule has 96 valence electrons. The second-order valence-electron chi connectivity index (χ2n) is 3.28.